The first-order valence-corrected chi connectivity index (χ1v) is 5.94. The molecule has 1 fully saturated rings. The zero-order valence-corrected chi connectivity index (χ0v) is 10.3. The third kappa shape index (κ3) is 3.10. The van der Waals surface area contributed by atoms with E-state index in [4.69, 9.17) is 14.0 Å². The van der Waals surface area contributed by atoms with Gasteiger partial charge in [-0.2, -0.15) is 0 Å². The van der Waals surface area contributed by atoms with Crippen molar-refractivity contribution < 1.29 is 18.8 Å². The van der Waals surface area contributed by atoms with E-state index in [1.54, 1.807) is 12.1 Å². The lowest BCUT2D eigenvalue weighted by atomic mass is 9.75. The zero-order valence-electron chi connectivity index (χ0n) is 10.3. The third-order valence-corrected chi connectivity index (χ3v) is 2.72. The summed E-state index contributed by atoms with van der Waals surface area (Å²) in [6.45, 7) is 2.64. The number of nitrogens with one attached hydrogen (secondary N) is 1. The molecular formula is C12H16BNO4. The molecule has 5 nitrogen and oxygen atoms in total. The van der Waals surface area contributed by atoms with Crippen LogP contribution in [-0.4, -0.2) is 46.5 Å². The second-order valence-corrected chi connectivity index (χ2v) is 3.90. The minimum atomic E-state index is -0.512. The standard InChI is InChI=1S/C12H16BNO4/c1-16-12(15)10-4-2-3-5-11(10)13-17-8-6-14-7-9-18-13/h2-5,14H,6-9H2,1H3. The van der Waals surface area contributed by atoms with Gasteiger partial charge < -0.3 is 19.4 Å². The number of carbonyl (C=O) groups is 1. The molecule has 0 saturated carbocycles. The van der Waals surface area contributed by atoms with Crippen LogP contribution in [0.5, 0.6) is 0 Å². The fourth-order valence-electron chi connectivity index (χ4n) is 1.83. The van der Waals surface area contributed by atoms with Crippen molar-refractivity contribution in [1.82, 2.24) is 5.32 Å². The van der Waals surface area contributed by atoms with Gasteiger partial charge in [0, 0.05) is 26.3 Å². The van der Waals surface area contributed by atoms with Crippen molar-refractivity contribution in [3.8, 4) is 0 Å². The zero-order chi connectivity index (χ0) is 12.8. The normalized spacial score (nSPS) is 16.8. The lowest BCUT2D eigenvalue weighted by Gasteiger charge is -2.20. The smallest absolute Gasteiger partial charge is 0.465 e. The molecule has 0 spiro atoms. The van der Waals surface area contributed by atoms with Crippen molar-refractivity contribution in [2.24, 2.45) is 0 Å². The predicted molar refractivity (Wildman–Crippen MR) is 67.9 cm³/mol. The van der Waals surface area contributed by atoms with Crippen LogP contribution in [0.4, 0.5) is 0 Å². The molecule has 0 bridgehead atoms. The van der Waals surface area contributed by atoms with Gasteiger partial charge >= 0.3 is 13.1 Å². The largest absolute Gasteiger partial charge is 0.494 e. The van der Waals surface area contributed by atoms with Crippen LogP contribution in [0, 0.1) is 0 Å². The molecule has 1 aliphatic rings. The fourth-order valence-corrected chi connectivity index (χ4v) is 1.83. The van der Waals surface area contributed by atoms with Crippen molar-refractivity contribution >= 4 is 18.6 Å². The highest BCUT2D eigenvalue weighted by molar-refractivity contribution is 6.62. The van der Waals surface area contributed by atoms with Crippen molar-refractivity contribution in [1.29, 1.82) is 0 Å². The second kappa shape index (κ2) is 6.54. The maximum atomic E-state index is 11.7. The Morgan fingerprint density at radius 1 is 1.28 bits per heavy atom. The summed E-state index contributed by atoms with van der Waals surface area (Å²) in [5, 5.41) is 3.17. The van der Waals surface area contributed by atoms with Crippen molar-refractivity contribution in [2.75, 3.05) is 33.4 Å². The highest BCUT2D eigenvalue weighted by Crippen LogP contribution is 2.03. The molecule has 1 heterocycles. The van der Waals surface area contributed by atoms with Gasteiger partial charge in [-0.15, -0.1) is 0 Å². The average molecular weight is 249 g/mol. The number of rotatable bonds is 2. The van der Waals surface area contributed by atoms with Gasteiger partial charge in [-0.1, -0.05) is 18.2 Å². The fraction of sp³-hybridized carbons (Fsp3) is 0.417. The molecule has 96 valence electrons. The molecule has 1 N–H and O–H groups in total. The summed E-state index contributed by atoms with van der Waals surface area (Å²) in [4.78, 5) is 11.7. The van der Waals surface area contributed by atoms with Gasteiger partial charge in [0.05, 0.1) is 12.7 Å². The van der Waals surface area contributed by atoms with E-state index in [-0.39, 0.29) is 5.97 Å². The van der Waals surface area contributed by atoms with E-state index in [9.17, 15) is 4.79 Å². The third-order valence-electron chi connectivity index (χ3n) is 2.72. The first-order valence-electron chi connectivity index (χ1n) is 5.94. The van der Waals surface area contributed by atoms with Crippen molar-refractivity contribution in [2.45, 2.75) is 0 Å². The van der Waals surface area contributed by atoms with E-state index < -0.39 is 7.12 Å². The Kier molecular flexibility index (Phi) is 4.75. The Morgan fingerprint density at radius 3 is 2.61 bits per heavy atom. The van der Waals surface area contributed by atoms with Crippen LogP contribution in [0.15, 0.2) is 24.3 Å². The summed E-state index contributed by atoms with van der Waals surface area (Å²) in [6.07, 6.45) is 0. The molecule has 18 heavy (non-hydrogen) atoms. The Labute approximate surface area is 107 Å². The number of hydrogen-bond donors (Lipinski definition) is 1. The number of ether oxygens (including phenoxy) is 1. The van der Waals surface area contributed by atoms with Gasteiger partial charge in [-0.3, -0.25) is 0 Å². The van der Waals surface area contributed by atoms with Crippen LogP contribution in [0.1, 0.15) is 10.4 Å². The molecular weight excluding hydrogens is 233 g/mol. The van der Waals surface area contributed by atoms with Crippen molar-refractivity contribution in [3.63, 3.8) is 0 Å². The summed E-state index contributed by atoms with van der Waals surface area (Å²) in [7, 11) is 0.852. The van der Waals surface area contributed by atoms with Crippen LogP contribution >= 0.6 is 0 Å². The monoisotopic (exact) mass is 249 g/mol. The highest BCUT2D eigenvalue weighted by atomic mass is 16.6. The molecule has 1 aromatic rings. The van der Waals surface area contributed by atoms with E-state index in [1.807, 2.05) is 12.1 Å². The highest BCUT2D eigenvalue weighted by Gasteiger charge is 2.27. The lowest BCUT2D eigenvalue weighted by Crippen LogP contribution is -2.45. The molecule has 2 rings (SSSR count). The Bertz CT molecular complexity index is 405. The van der Waals surface area contributed by atoms with Gasteiger partial charge in [0.1, 0.15) is 0 Å². The molecule has 0 unspecified atom stereocenters. The van der Waals surface area contributed by atoms with Gasteiger partial charge in [0.2, 0.25) is 0 Å². The van der Waals surface area contributed by atoms with E-state index in [2.05, 4.69) is 5.32 Å². The maximum Gasteiger partial charge on any atom is 0.494 e. The minimum absolute atomic E-state index is 0.377. The minimum Gasteiger partial charge on any atom is -0.465 e. The van der Waals surface area contributed by atoms with Crippen LogP contribution in [0.25, 0.3) is 0 Å². The molecule has 1 saturated heterocycles. The second-order valence-electron chi connectivity index (χ2n) is 3.90. The van der Waals surface area contributed by atoms with Crippen LogP contribution in [0.2, 0.25) is 0 Å². The van der Waals surface area contributed by atoms with E-state index in [1.165, 1.54) is 7.11 Å². The summed E-state index contributed by atoms with van der Waals surface area (Å²) in [5.41, 5.74) is 1.20. The molecule has 0 atom stereocenters. The van der Waals surface area contributed by atoms with Crippen LogP contribution < -0.4 is 10.8 Å². The Hall–Kier alpha value is -1.37. The SMILES string of the molecule is COC(=O)c1ccccc1B1OCCNCCO1. The quantitative estimate of drug-likeness (QED) is 0.581. The molecule has 1 aromatic carbocycles. The Morgan fingerprint density at radius 2 is 1.94 bits per heavy atom. The molecule has 0 aromatic heterocycles. The first-order chi connectivity index (χ1) is 8.83. The number of esters is 1. The van der Waals surface area contributed by atoms with Crippen molar-refractivity contribution in [3.05, 3.63) is 29.8 Å². The van der Waals surface area contributed by atoms with Crippen LogP contribution in [0.3, 0.4) is 0 Å². The predicted octanol–water partition coefficient (Wildman–Crippen LogP) is -0.195. The van der Waals surface area contributed by atoms with Gasteiger partial charge in [-0.25, -0.2) is 4.79 Å². The van der Waals surface area contributed by atoms with E-state index >= 15 is 0 Å². The summed E-state index contributed by atoms with van der Waals surface area (Å²) in [6, 6.07) is 7.18. The first kappa shape index (κ1) is 13.1. The van der Waals surface area contributed by atoms with Gasteiger partial charge in [0.25, 0.3) is 0 Å². The lowest BCUT2D eigenvalue weighted by molar-refractivity contribution is 0.0601. The Balaban J connectivity index is 2.22. The van der Waals surface area contributed by atoms with E-state index in [0.717, 1.165) is 13.1 Å². The van der Waals surface area contributed by atoms with E-state index in [0.29, 0.717) is 24.2 Å². The molecule has 1 aliphatic heterocycles. The topological polar surface area (TPSA) is 56.8 Å². The molecule has 6 heteroatoms. The molecule has 0 amide bonds. The number of methoxy groups -OCH3 is 1. The van der Waals surface area contributed by atoms with Gasteiger partial charge in [0.15, 0.2) is 0 Å². The number of benzene rings is 1. The number of carbonyl (C=O) groups excluding carboxylic acids is 1. The summed E-state index contributed by atoms with van der Waals surface area (Å²) >= 11 is 0. The molecule has 0 radical (unpaired) electrons. The summed E-state index contributed by atoms with van der Waals surface area (Å²) < 4.78 is 16.0. The number of hydrogen-bond acceptors (Lipinski definition) is 5. The molecule has 0 aliphatic carbocycles. The summed E-state index contributed by atoms with van der Waals surface area (Å²) in [5.74, 6) is -0.377. The van der Waals surface area contributed by atoms with Crippen LogP contribution in [-0.2, 0) is 14.0 Å². The maximum absolute atomic E-state index is 11.7. The van der Waals surface area contributed by atoms with Gasteiger partial charge in [-0.05, 0) is 11.5 Å². The average Bonchev–Trinajstić information content (AvgIpc) is 2.38.